The van der Waals surface area contributed by atoms with Crippen LogP contribution in [0.1, 0.15) is 25.8 Å². The molecule has 0 saturated carbocycles. The maximum absolute atomic E-state index is 13.2. The van der Waals surface area contributed by atoms with Crippen molar-refractivity contribution < 1.29 is 9.18 Å². The number of amides is 1. The maximum atomic E-state index is 13.2. The first kappa shape index (κ1) is 15.1. The third-order valence-corrected chi connectivity index (χ3v) is 3.19. The van der Waals surface area contributed by atoms with Crippen molar-refractivity contribution in [1.82, 2.24) is 0 Å². The molecule has 0 spiro atoms. The van der Waals surface area contributed by atoms with E-state index in [-0.39, 0.29) is 11.7 Å². The lowest BCUT2D eigenvalue weighted by Gasteiger charge is -2.15. The summed E-state index contributed by atoms with van der Waals surface area (Å²) in [5.41, 5.74) is 7.03. The molecule has 18 heavy (non-hydrogen) atoms. The van der Waals surface area contributed by atoms with Crippen molar-refractivity contribution in [2.45, 2.75) is 33.2 Å². The van der Waals surface area contributed by atoms with E-state index in [4.69, 9.17) is 5.73 Å². The van der Waals surface area contributed by atoms with Crippen LogP contribution in [0.25, 0.3) is 0 Å². The van der Waals surface area contributed by atoms with Crippen LogP contribution in [0.15, 0.2) is 16.6 Å². The van der Waals surface area contributed by atoms with E-state index in [1.807, 2.05) is 13.8 Å². The molecular formula is C13H18BrFN2O. The van der Waals surface area contributed by atoms with Gasteiger partial charge < -0.3 is 11.1 Å². The summed E-state index contributed by atoms with van der Waals surface area (Å²) in [6, 6.07) is 2.37. The summed E-state index contributed by atoms with van der Waals surface area (Å²) in [6.07, 6.45) is 0.618. The van der Waals surface area contributed by atoms with E-state index in [9.17, 15) is 9.18 Å². The first-order valence-electron chi connectivity index (χ1n) is 5.83. The highest BCUT2D eigenvalue weighted by Gasteiger charge is 2.16. The van der Waals surface area contributed by atoms with Gasteiger partial charge in [0.2, 0.25) is 5.91 Å². The van der Waals surface area contributed by atoms with Gasteiger partial charge in [0, 0.05) is 5.69 Å². The molecule has 1 aromatic rings. The average molecular weight is 317 g/mol. The van der Waals surface area contributed by atoms with Crippen molar-refractivity contribution in [1.29, 1.82) is 0 Å². The van der Waals surface area contributed by atoms with E-state index in [2.05, 4.69) is 21.2 Å². The minimum absolute atomic E-state index is 0.245. The van der Waals surface area contributed by atoms with Crippen LogP contribution in [0.2, 0.25) is 0 Å². The van der Waals surface area contributed by atoms with Gasteiger partial charge in [-0.2, -0.15) is 0 Å². The van der Waals surface area contributed by atoms with Crippen molar-refractivity contribution in [3.63, 3.8) is 0 Å². The highest BCUT2D eigenvalue weighted by atomic mass is 79.9. The average Bonchev–Trinajstić information content (AvgIpc) is 2.24. The summed E-state index contributed by atoms with van der Waals surface area (Å²) in [5, 5.41) is 2.72. The van der Waals surface area contributed by atoms with Crippen molar-refractivity contribution in [3.05, 3.63) is 28.0 Å². The monoisotopic (exact) mass is 316 g/mol. The van der Waals surface area contributed by atoms with E-state index in [0.29, 0.717) is 28.1 Å². The lowest BCUT2D eigenvalue weighted by Crippen LogP contribution is -2.36. The molecule has 0 unspecified atom stereocenters. The van der Waals surface area contributed by atoms with Gasteiger partial charge in [-0.15, -0.1) is 0 Å². The number of anilines is 1. The van der Waals surface area contributed by atoms with Crippen LogP contribution < -0.4 is 11.1 Å². The van der Waals surface area contributed by atoms with E-state index >= 15 is 0 Å². The number of rotatable bonds is 4. The predicted molar refractivity (Wildman–Crippen MR) is 74.9 cm³/mol. The molecule has 5 heteroatoms. The first-order chi connectivity index (χ1) is 8.31. The smallest absolute Gasteiger partial charge is 0.241 e. The van der Waals surface area contributed by atoms with Gasteiger partial charge in [-0.05, 0) is 52.9 Å². The third-order valence-electron chi connectivity index (χ3n) is 2.59. The Morgan fingerprint density at radius 2 is 2.11 bits per heavy atom. The van der Waals surface area contributed by atoms with Gasteiger partial charge in [-0.1, -0.05) is 13.8 Å². The second kappa shape index (κ2) is 6.29. The molecule has 0 aliphatic carbocycles. The fourth-order valence-electron chi connectivity index (χ4n) is 1.62. The lowest BCUT2D eigenvalue weighted by atomic mass is 10.0. The molecule has 1 amide bonds. The van der Waals surface area contributed by atoms with Crippen molar-refractivity contribution in [2.24, 2.45) is 11.7 Å². The Morgan fingerprint density at radius 3 is 2.67 bits per heavy atom. The number of aryl methyl sites for hydroxylation is 1. The van der Waals surface area contributed by atoms with Gasteiger partial charge in [0.15, 0.2) is 0 Å². The normalized spacial score (nSPS) is 12.6. The maximum Gasteiger partial charge on any atom is 0.241 e. The molecule has 3 N–H and O–H groups in total. The number of nitrogens with one attached hydrogen (secondary N) is 1. The summed E-state index contributed by atoms with van der Waals surface area (Å²) >= 11 is 3.09. The highest BCUT2D eigenvalue weighted by Crippen LogP contribution is 2.24. The van der Waals surface area contributed by atoms with Crippen molar-refractivity contribution in [2.75, 3.05) is 5.32 Å². The molecule has 0 bridgehead atoms. The molecule has 0 fully saturated rings. The number of nitrogens with two attached hydrogens (primary N) is 1. The molecular weight excluding hydrogens is 299 g/mol. The summed E-state index contributed by atoms with van der Waals surface area (Å²) in [6.45, 7) is 5.75. The summed E-state index contributed by atoms with van der Waals surface area (Å²) in [7, 11) is 0. The van der Waals surface area contributed by atoms with E-state index in [1.165, 1.54) is 6.07 Å². The van der Waals surface area contributed by atoms with Gasteiger partial charge >= 0.3 is 0 Å². The van der Waals surface area contributed by atoms with E-state index in [0.717, 1.165) is 0 Å². The van der Waals surface area contributed by atoms with Gasteiger partial charge in [-0.25, -0.2) is 4.39 Å². The minimum Gasteiger partial charge on any atom is -0.324 e. The van der Waals surface area contributed by atoms with E-state index < -0.39 is 6.04 Å². The molecule has 1 rings (SSSR count). The SMILES string of the molecule is Cc1cc(F)c(Br)cc1NC(=O)[C@@H](N)CC(C)C. The van der Waals surface area contributed by atoms with E-state index in [1.54, 1.807) is 13.0 Å². The Morgan fingerprint density at radius 1 is 1.50 bits per heavy atom. The fourth-order valence-corrected chi connectivity index (χ4v) is 1.96. The minimum atomic E-state index is -0.548. The highest BCUT2D eigenvalue weighted by molar-refractivity contribution is 9.10. The zero-order valence-corrected chi connectivity index (χ0v) is 12.3. The Labute approximate surface area is 115 Å². The molecule has 0 aromatic heterocycles. The standard InChI is InChI=1S/C13H18BrFN2O/c1-7(2)4-11(16)13(18)17-12-6-9(14)10(15)5-8(12)3/h5-7,11H,4,16H2,1-3H3,(H,17,18)/t11-/m0/s1. The number of benzene rings is 1. The number of hydrogen-bond acceptors (Lipinski definition) is 2. The number of hydrogen-bond donors (Lipinski definition) is 2. The molecule has 1 atom stereocenters. The topological polar surface area (TPSA) is 55.1 Å². The van der Waals surface area contributed by atoms with Crippen LogP contribution in [0.5, 0.6) is 0 Å². The molecule has 100 valence electrons. The fraction of sp³-hybridized carbons (Fsp3) is 0.462. The van der Waals surface area contributed by atoms with Gasteiger partial charge in [0.25, 0.3) is 0 Å². The molecule has 0 radical (unpaired) electrons. The summed E-state index contributed by atoms with van der Waals surface area (Å²) in [4.78, 5) is 11.9. The third kappa shape index (κ3) is 4.07. The zero-order valence-electron chi connectivity index (χ0n) is 10.8. The molecule has 1 aromatic carbocycles. The van der Waals surface area contributed by atoms with Crippen LogP contribution in [-0.4, -0.2) is 11.9 Å². The van der Waals surface area contributed by atoms with Crippen LogP contribution in [0.3, 0.4) is 0 Å². The zero-order chi connectivity index (χ0) is 13.9. The lowest BCUT2D eigenvalue weighted by molar-refractivity contribution is -0.117. The Kier molecular flexibility index (Phi) is 5.28. The summed E-state index contributed by atoms with van der Waals surface area (Å²) < 4.78 is 13.6. The summed E-state index contributed by atoms with van der Waals surface area (Å²) in [5.74, 6) is -0.242. The Bertz CT molecular complexity index is 449. The molecule has 0 heterocycles. The van der Waals surface area contributed by atoms with Crippen LogP contribution in [0.4, 0.5) is 10.1 Å². The Hall–Kier alpha value is -0.940. The molecule has 0 saturated heterocycles. The van der Waals surface area contributed by atoms with Crippen LogP contribution >= 0.6 is 15.9 Å². The molecule has 0 aliphatic heterocycles. The van der Waals surface area contributed by atoms with Crippen LogP contribution in [0, 0.1) is 18.7 Å². The van der Waals surface area contributed by atoms with Crippen LogP contribution in [-0.2, 0) is 4.79 Å². The predicted octanol–water partition coefficient (Wildman–Crippen LogP) is 3.21. The van der Waals surface area contributed by atoms with Gasteiger partial charge in [-0.3, -0.25) is 4.79 Å². The second-order valence-corrected chi connectivity index (χ2v) is 5.66. The molecule has 0 aliphatic rings. The number of carbonyl (C=O) groups is 1. The number of halogens is 2. The van der Waals surface area contributed by atoms with Gasteiger partial charge in [0.1, 0.15) is 5.82 Å². The largest absolute Gasteiger partial charge is 0.324 e. The van der Waals surface area contributed by atoms with Gasteiger partial charge in [0.05, 0.1) is 10.5 Å². The van der Waals surface area contributed by atoms with Crippen molar-refractivity contribution >= 4 is 27.5 Å². The van der Waals surface area contributed by atoms with Crippen molar-refractivity contribution in [3.8, 4) is 0 Å². The number of carbonyl (C=O) groups excluding carboxylic acids is 1. The second-order valence-electron chi connectivity index (χ2n) is 4.81. The first-order valence-corrected chi connectivity index (χ1v) is 6.62. The quantitative estimate of drug-likeness (QED) is 0.896. The Balaban J connectivity index is 2.79. The molecule has 3 nitrogen and oxygen atoms in total.